The third-order valence-corrected chi connectivity index (χ3v) is 3.56. The Bertz CT molecular complexity index is 577. The average molecular weight is 237 g/mol. The molecule has 1 atom stereocenters. The summed E-state index contributed by atoms with van der Waals surface area (Å²) in [5.74, 6) is 0.620. The lowest BCUT2D eigenvalue weighted by atomic mass is 10.1. The highest BCUT2D eigenvalue weighted by molar-refractivity contribution is 6.00. The van der Waals surface area contributed by atoms with E-state index in [0.29, 0.717) is 5.84 Å². The molecule has 1 N–H and O–H groups in total. The standard InChI is InChI=1S/C15H15N3/c1-11(12-6-8-17-9-7-12)18-10-13-4-2-3-5-14(13)15(18)16/h2-9,11,16H,10H2,1H3. The molecule has 1 aromatic heterocycles. The van der Waals surface area contributed by atoms with Crippen LogP contribution >= 0.6 is 0 Å². The molecule has 0 amide bonds. The van der Waals surface area contributed by atoms with E-state index < -0.39 is 0 Å². The van der Waals surface area contributed by atoms with Gasteiger partial charge in [-0.3, -0.25) is 10.4 Å². The molecule has 1 aliphatic heterocycles. The van der Waals surface area contributed by atoms with Crippen molar-refractivity contribution in [2.45, 2.75) is 19.5 Å². The molecule has 0 saturated heterocycles. The van der Waals surface area contributed by atoms with Crippen LogP contribution in [0.4, 0.5) is 0 Å². The molecule has 0 radical (unpaired) electrons. The second-order valence-corrected chi connectivity index (χ2v) is 4.59. The monoisotopic (exact) mass is 237 g/mol. The fraction of sp³-hybridized carbons (Fsp3) is 0.200. The van der Waals surface area contributed by atoms with Crippen LogP contribution in [0, 0.1) is 5.41 Å². The first kappa shape index (κ1) is 11.0. The van der Waals surface area contributed by atoms with Gasteiger partial charge in [0.1, 0.15) is 5.84 Å². The zero-order chi connectivity index (χ0) is 12.5. The molecule has 3 heteroatoms. The van der Waals surface area contributed by atoms with Gasteiger partial charge in [0, 0.05) is 24.5 Å². The maximum Gasteiger partial charge on any atom is 0.129 e. The predicted octanol–water partition coefficient (Wildman–Crippen LogP) is 2.98. The van der Waals surface area contributed by atoms with Crippen molar-refractivity contribution in [3.63, 3.8) is 0 Å². The van der Waals surface area contributed by atoms with E-state index in [2.05, 4.69) is 22.9 Å². The van der Waals surface area contributed by atoms with Gasteiger partial charge in [0.05, 0.1) is 6.04 Å². The third-order valence-electron chi connectivity index (χ3n) is 3.56. The van der Waals surface area contributed by atoms with E-state index >= 15 is 0 Å². The van der Waals surface area contributed by atoms with Gasteiger partial charge in [-0.05, 0) is 30.2 Å². The molecule has 3 rings (SSSR count). The maximum atomic E-state index is 8.28. The molecule has 1 unspecified atom stereocenters. The van der Waals surface area contributed by atoms with Crippen LogP contribution in [-0.2, 0) is 6.54 Å². The van der Waals surface area contributed by atoms with Gasteiger partial charge in [-0.25, -0.2) is 0 Å². The quantitative estimate of drug-likeness (QED) is 0.872. The molecule has 2 heterocycles. The van der Waals surface area contributed by atoms with Crippen molar-refractivity contribution in [1.29, 1.82) is 5.41 Å². The highest BCUT2D eigenvalue weighted by Gasteiger charge is 2.27. The van der Waals surface area contributed by atoms with E-state index in [1.54, 1.807) is 12.4 Å². The van der Waals surface area contributed by atoms with Gasteiger partial charge < -0.3 is 4.90 Å². The van der Waals surface area contributed by atoms with Gasteiger partial charge in [-0.1, -0.05) is 24.3 Å². The fourth-order valence-electron chi connectivity index (χ4n) is 2.46. The van der Waals surface area contributed by atoms with Crippen LogP contribution in [0.25, 0.3) is 0 Å². The van der Waals surface area contributed by atoms with Gasteiger partial charge in [-0.2, -0.15) is 0 Å². The van der Waals surface area contributed by atoms with E-state index in [9.17, 15) is 0 Å². The van der Waals surface area contributed by atoms with Crippen LogP contribution in [0.3, 0.4) is 0 Å². The summed E-state index contributed by atoms with van der Waals surface area (Å²) in [6.45, 7) is 2.95. The van der Waals surface area contributed by atoms with Crippen molar-refractivity contribution >= 4 is 5.84 Å². The first-order chi connectivity index (χ1) is 8.77. The summed E-state index contributed by atoms with van der Waals surface area (Å²) in [6.07, 6.45) is 3.61. The van der Waals surface area contributed by atoms with Crippen LogP contribution in [0.5, 0.6) is 0 Å². The number of nitrogens with one attached hydrogen (secondary N) is 1. The molecule has 0 saturated carbocycles. The smallest absolute Gasteiger partial charge is 0.129 e. The third kappa shape index (κ3) is 1.68. The maximum absolute atomic E-state index is 8.28. The van der Waals surface area contributed by atoms with Gasteiger partial charge in [0.15, 0.2) is 0 Å². The molecule has 0 spiro atoms. The lowest BCUT2D eigenvalue weighted by molar-refractivity contribution is 0.341. The van der Waals surface area contributed by atoms with Crippen LogP contribution in [0.2, 0.25) is 0 Å². The number of fused-ring (bicyclic) bond motifs is 1. The van der Waals surface area contributed by atoms with Crippen molar-refractivity contribution in [3.05, 3.63) is 65.5 Å². The number of hydrogen-bond donors (Lipinski definition) is 1. The largest absolute Gasteiger partial charge is 0.345 e. The second kappa shape index (κ2) is 4.26. The number of pyridine rings is 1. The molecular weight excluding hydrogens is 222 g/mol. The Morgan fingerprint density at radius 3 is 2.61 bits per heavy atom. The van der Waals surface area contributed by atoms with Crippen molar-refractivity contribution in [1.82, 2.24) is 9.88 Å². The van der Waals surface area contributed by atoms with E-state index in [1.807, 2.05) is 30.3 Å². The van der Waals surface area contributed by atoms with E-state index in [-0.39, 0.29) is 6.04 Å². The summed E-state index contributed by atoms with van der Waals surface area (Å²) in [6, 6.07) is 12.4. The Kier molecular flexibility index (Phi) is 2.59. The molecule has 1 aliphatic rings. The zero-order valence-electron chi connectivity index (χ0n) is 10.3. The average Bonchev–Trinajstić information content (AvgIpc) is 2.77. The molecule has 0 bridgehead atoms. The normalized spacial score (nSPS) is 15.6. The second-order valence-electron chi connectivity index (χ2n) is 4.59. The highest BCUT2D eigenvalue weighted by Crippen LogP contribution is 2.30. The first-order valence-corrected chi connectivity index (χ1v) is 6.11. The molecule has 2 aromatic rings. The summed E-state index contributed by atoms with van der Waals surface area (Å²) in [5, 5.41) is 8.28. The van der Waals surface area contributed by atoms with E-state index in [0.717, 1.165) is 12.1 Å². The van der Waals surface area contributed by atoms with Crippen molar-refractivity contribution in [2.24, 2.45) is 0 Å². The number of hydrogen-bond acceptors (Lipinski definition) is 2. The number of benzene rings is 1. The Labute approximate surface area is 107 Å². The summed E-state index contributed by atoms with van der Waals surface area (Å²) in [5.41, 5.74) is 3.49. The number of rotatable bonds is 2. The van der Waals surface area contributed by atoms with E-state index in [1.165, 1.54) is 11.1 Å². The molecule has 18 heavy (non-hydrogen) atoms. The lowest BCUT2D eigenvalue weighted by Gasteiger charge is -2.26. The minimum absolute atomic E-state index is 0.202. The summed E-state index contributed by atoms with van der Waals surface area (Å²) in [7, 11) is 0. The van der Waals surface area contributed by atoms with Crippen LogP contribution in [-0.4, -0.2) is 15.7 Å². The number of amidine groups is 1. The van der Waals surface area contributed by atoms with Crippen LogP contribution < -0.4 is 0 Å². The molecule has 0 fully saturated rings. The molecule has 90 valence electrons. The summed E-state index contributed by atoms with van der Waals surface area (Å²) < 4.78 is 0. The molecule has 3 nitrogen and oxygen atoms in total. The predicted molar refractivity (Wildman–Crippen MR) is 71.5 cm³/mol. The number of aromatic nitrogens is 1. The van der Waals surface area contributed by atoms with Gasteiger partial charge in [-0.15, -0.1) is 0 Å². The zero-order valence-corrected chi connectivity index (χ0v) is 10.3. The Morgan fingerprint density at radius 2 is 1.89 bits per heavy atom. The van der Waals surface area contributed by atoms with Gasteiger partial charge >= 0.3 is 0 Å². The number of nitrogens with zero attached hydrogens (tertiary/aromatic N) is 2. The van der Waals surface area contributed by atoms with E-state index in [4.69, 9.17) is 5.41 Å². The minimum Gasteiger partial charge on any atom is -0.345 e. The van der Waals surface area contributed by atoms with Crippen molar-refractivity contribution in [3.8, 4) is 0 Å². The summed E-state index contributed by atoms with van der Waals surface area (Å²) in [4.78, 5) is 6.17. The first-order valence-electron chi connectivity index (χ1n) is 6.11. The Hall–Kier alpha value is -2.16. The Balaban J connectivity index is 1.91. The lowest BCUT2D eigenvalue weighted by Crippen LogP contribution is -2.27. The van der Waals surface area contributed by atoms with Crippen molar-refractivity contribution in [2.75, 3.05) is 0 Å². The molecular formula is C15H15N3. The SMILES string of the molecule is CC(c1ccncc1)N1Cc2ccccc2C1=N. The fourth-order valence-corrected chi connectivity index (χ4v) is 2.46. The Morgan fingerprint density at radius 1 is 1.17 bits per heavy atom. The minimum atomic E-state index is 0.202. The summed E-state index contributed by atoms with van der Waals surface area (Å²) >= 11 is 0. The molecule has 0 aliphatic carbocycles. The van der Waals surface area contributed by atoms with Crippen LogP contribution in [0.15, 0.2) is 48.8 Å². The van der Waals surface area contributed by atoms with Gasteiger partial charge in [0.2, 0.25) is 0 Å². The highest BCUT2D eigenvalue weighted by atomic mass is 15.2. The molecule has 1 aromatic carbocycles. The van der Waals surface area contributed by atoms with Crippen molar-refractivity contribution < 1.29 is 0 Å². The van der Waals surface area contributed by atoms with Gasteiger partial charge in [0.25, 0.3) is 0 Å². The topological polar surface area (TPSA) is 40.0 Å². The van der Waals surface area contributed by atoms with Crippen LogP contribution in [0.1, 0.15) is 29.7 Å².